The van der Waals surface area contributed by atoms with Crippen LogP contribution in [-0.4, -0.2) is 21.3 Å². The molecule has 0 saturated heterocycles. The number of para-hydroxylation sites is 1. The predicted molar refractivity (Wildman–Crippen MR) is 87.5 cm³/mol. The molecule has 5 nitrogen and oxygen atoms in total. The highest BCUT2D eigenvalue weighted by molar-refractivity contribution is 6.00. The Bertz CT molecular complexity index is 1010. The Hall–Kier alpha value is -3.21. The molecule has 0 atom stereocenters. The summed E-state index contributed by atoms with van der Waals surface area (Å²) in [4.78, 5) is 11.5. The van der Waals surface area contributed by atoms with E-state index >= 15 is 0 Å². The number of nitrogens with zero attached hydrogens (tertiary/aromatic N) is 3. The van der Waals surface area contributed by atoms with Gasteiger partial charge in [-0.05, 0) is 29.0 Å². The molecule has 0 amide bonds. The number of benzene rings is 3. The molecule has 1 aromatic heterocycles. The number of ether oxygens (including phenoxy) is 1. The number of aldehydes is 1. The van der Waals surface area contributed by atoms with E-state index in [1.54, 1.807) is 4.68 Å². The molecule has 0 radical (unpaired) electrons. The number of hydrogen-bond acceptors (Lipinski definition) is 4. The molecule has 5 heteroatoms. The van der Waals surface area contributed by atoms with Gasteiger partial charge in [-0.2, -0.15) is 0 Å². The number of fused-ring (bicyclic) bond motifs is 2. The lowest BCUT2D eigenvalue weighted by atomic mass is 10.0. The number of hydrogen-bond donors (Lipinski definition) is 0. The van der Waals surface area contributed by atoms with Crippen LogP contribution < -0.4 is 4.74 Å². The molecular weight excluding hydrogens is 290 g/mol. The Kier molecular flexibility index (Phi) is 3.24. The Labute approximate surface area is 132 Å². The van der Waals surface area contributed by atoms with Crippen LogP contribution in [0.15, 0.2) is 60.7 Å². The minimum Gasteiger partial charge on any atom is -0.470 e. The molecule has 4 aromatic rings. The monoisotopic (exact) mass is 303 g/mol. The number of aromatic nitrogens is 3. The van der Waals surface area contributed by atoms with Gasteiger partial charge in [-0.25, -0.2) is 4.68 Å². The predicted octanol–water partition coefficient (Wildman–Crippen LogP) is 3.43. The van der Waals surface area contributed by atoms with Gasteiger partial charge in [-0.3, -0.25) is 4.79 Å². The molecule has 0 N–H and O–H groups in total. The first-order valence-electron chi connectivity index (χ1n) is 7.25. The molecule has 23 heavy (non-hydrogen) atoms. The minimum atomic E-state index is 0.194. The van der Waals surface area contributed by atoms with Crippen molar-refractivity contribution in [2.75, 3.05) is 0 Å². The highest BCUT2D eigenvalue weighted by atomic mass is 16.5. The van der Waals surface area contributed by atoms with Crippen LogP contribution in [-0.2, 0) is 6.73 Å². The summed E-state index contributed by atoms with van der Waals surface area (Å²) in [6, 6.07) is 19.1. The number of carbonyl (C=O) groups excluding carboxylic acids is 1. The van der Waals surface area contributed by atoms with Crippen molar-refractivity contribution >= 4 is 28.1 Å². The molecular formula is C18H13N3O2. The van der Waals surface area contributed by atoms with Gasteiger partial charge in [0.15, 0.2) is 13.0 Å². The summed E-state index contributed by atoms with van der Waals surface area (Å²) in [6.07, 6.45) is 0.830. The van der Waals surface area contributed by atoms with E-state index in [-0.39, 0.29) is 6.73 Å². The van der Waals surface area contributed by atoms with Gasteiger partial charge in [-0.15, -0.1) is 5.10 Å². The fourth-order valence-corrected chi connectivity index (χ4v) is 2.67. The third-order valence-electron chi connectivity index (χ3n) is 3.81. The van der Waals surface area contributed by atoms with Crippen molar-refractivity contribution in [2.45, 2.75) is 6.73 Å². The Balaban J connectivity index is 1.69. The SMILES string of the molecule is O=Cc1c(OCn2nnc3ccccc32)ccc2ccccc12. The zero-order valence-electron chi connectivity index (χ0n) is 12.2. The molecule has 4 rings (SSSR count). The largest absolute Gasteiger partial charge is 0.470 e. The topological polar surface area (TPSA) is 57.0 Å². The average Bonchev–Trinajstić information content (AvgIpc) is 3.02. The normalized spacial score (nSPS) is 11.0. The van der Waals surface area contributed by atoms with Crippen molar-refractivity contribution in [1.29, 1.82) is 0 Å². The lowest BCUT2D eigenvalue weighted by Crippen LogP contribution is -2.08. The first-order chi connectivity index (χ1) is 11.4. The molecule has 0 aliphatic carbocycles. The Morgan fingerprint density at radius 3 is 2.74 bits per heavy atom. The second-order valence-corrected chi connectivity index (χ2v) is 5.17. The summed E-state index contributed by atoms with van der Waals surface area (Å²) >= 11 is 0. The van der Waals surface area contributed by atoms with E-state index < -0.39 is 0 Å². The van der Waals surface area contributed by atoms with Gasteiger partial charge >= 0.3 is 0 Å². The van der Waals surface area contributed by atoms with E-state index in [0.29, 0.717) is 11.3 Å². The molecule has 0 aliphatic heterocycles. The van der Waals surface area contributed by atoms with Crippen molar-refractivity contribution < 1.29 is 9.53 Å². The second-order valence-electron chi connectivity index (χ2n) is 5.17. The Morgan fingerprint density at radius 2 is 1.83 bits per heavy atom. The number of carbonyl (C=O) groups is 1. The van der Waals surface area contributed by atoms with E-state index in [4.69, 9.17) is 4.74 Å². The molecule has 0 fully saturated rings. The van der Waals surface area contributed by atoms with Crippen molar-refractivity contribution in [3.63, 3.8) is 0 Å². The van der Waals surface area contributed by atoms with E-state index in [9.17, 15) is 4.79 Å². The first kappa shape index (κ1) is 13.5. The van der Waals surface area contributed by atoms with Crippen LogP contribution in [0.1, 0.15) is 10.4 Å². The fraction of sp³-hybridized carbons (Fsp3) is 0.0556. The van der Waals surface area contributed by atoms with Crippen LogP contribution >= 0.6 is 0 Å². The van der Waals surface area contributed by atoms with Crippen molar-refractivity contribution in [1.82, 2.24) is 15.0 Å². The summed E-state index contributed by atoms with van der Waals surface area (Å²) in [5, 5.41) is 10.1. The summed E-state index contributed by atoms with van der Waals surface area (Å²) in [6.45, 7) is 0.194. The summed E-state index contributed by atoms with van der Waals surface area (Å²) in [5.41, 5.74) is 2.25. The van der Waals surface area contributed by atoms with Crippen LogP contribution in [0.2, 0.25) is 0 Å². The number of rotatable bonds is 4. The molecule has 1 heterocycles. The van der Waals surface area contributed by atoms with Gasteiger partial charge in [0.05, 0.1) is 11.1 Å². The molecule has 0 bridgehead atoms. The van der Waals surface area contributed by atoms with Crippen LogP contribution in [0.5, 0.6) is 5.75 Å². The van der Waals surface area contributed by atoms with E-state index in [1.807, 2.05) is 60.7 Å². The first-order valence-corrected chi connectivity index (χ1v) is 7.25. The molecule has 0 spiro atoms. The lowest BCUT2D eigenvalue weighted by molar-refractivity contribution is 0.111. The van der Waals surface area contributed by atoms with Crippen molar-refractivity contribution in [3.05, 3.63) is 66.2 Å². The van der Waals surface area contributed by atoms with Gasteiger partial charge in [-0.1, -0.05) is 47.7 Å². The van der Waals surface area contributed by atoms with Crippen LogP contribution in [0, 0.1) is 0 Å². The smallest absolute Gasteiger partial charge is 0.183 e. The summed E-state index contributed by atoms with van der Waals surface area (Å²) in [7, 11) is 0. The van der Waals surface area contributed by atoms with E-state index in [1.165, 1.54) is 0 Å². The zero-order valence-corrected chi connectivity index (χ0v) is 12.2. The minimum absolute atomic E-state index is 0.194. The highest BCUT2D eigenvalue weighted by Crippen LogP contribution is 2.27. The maximum absolute atomic E-state index is 11.5. The Morgan fingerprint density at radius 1 is 1.00 bits per heavy atom. The quantitative estimate of drug-likeness (QED) is 0.542. The maximum Gasteiger partial charge on any atom is 0.183 e. The fourth-order valence-electron chi connectivity index (χ4n) is 2.67. The van der Waals surface area contributed by atoms with Gasteiger partial charge < -0.3 is 4.74 Å². The van der Waals surface area contributed by atoms with Crippen molar-refractivity contribution in [2.24, 2.45) is 0 Å². The van der Waals surface area contributed by atoms with Gasteiger partial charge in [0.25, 0.3) is 0 Å². The third-order valence-corrected chi connectivity index (χ3v) is 3.81. The van der Waals surface area contributed by atoms with Gasteiger partial charge in [0.1, 0.15) is 11.3 Å². The van der Waals surface area contributed by atoms with Gasteiger partial charge in [0.2, 0.25) is 0 Å². The van der Waals surface area contributed by atoms with Crippen molar-refractivity contribution in [3.8, 4) is 5.75 Å². The van der Waals surface area contributed by atoms with Crippen LogP contribution in [0.4, 0.5) is 0 Å². The standard InChI is InChI=1S/C18H13N3O2/c22-11-15-14-6-2-1-5-13(14)9-10-18(15)23-12-21-17-8-4-3-7-16(17)19-20-21/h1-11H,12H2. The summed E-state index contributed by atoms with van der Waals surface area (Å²) in [5.74, 6) is 0.540. The van der Waals surface area contributed by atoms with E-state index in [0.717, 1.165) is 28.1 Å². The molecule has 3 aromatic carbocycles. The molecule has 112 valence electrons. The average molecular weight is 303 g/mol. The van der Waals surface area contributed by atoms with Crippen LogP contribution in [0.3, 0.4) is 0 Å². The molecule has 0 saturated carbocycles. The molecule has 0 aliphatic rings. The van der Waals surface area contributed by atoms with Crippen LogP contribution in [0.25, 0.3) is 21.8 Å². The zero-order chi connectivity index (χ0) is 15.6. The highest BCUT2D eigenvalue weighted by Gasteiger charge is 2.09. The maximum atomic E-state index is 11.5. The third kappa shape index (κ3) is 2.32. The molecule has 0 unspecified atom stereocenters. The van der Waals surface area contributed by atoms with E-state index in [2.05, 4.69) is 10.3 Å². The second kappa shape index (κ2) is 5.53. The lowest BCUT2D eigenvalue weighted by Gasteiger charge is -2.10. The van der Waals surface area contributed by atoms with Gasteiger partial charge in [0, 0.05) is 0 Å². The summed E-state index contributed by atoms with van der Waals surface area (Å²) < 4.78 is 7.48.